The zero-order chi connectivity index (χ0) is 13.5. The molecule has 0 spiro atoms. The average molecular weight is 256 g/mol. The van der Waals surface area contributed by atoms with Gasteiger partial charge in [0.05, 0.1) is 5.71 Å². The van der Waals surface area contributed by atoms with Gasteiger partial charge in [-0.1, -0.05) is 51.0 Å². The van der Waals surface area contributed by atoms with Gasteiger partial charge in [0, 0.05) is 29.9 Å². The molecule has 2 nitrogen and oxygen atoms in total. The van der Waals surface area contributed by atoms with Gasteiger partial charge in [0.1, 0.15) is 0 Å². The highest BCUT2D eigenvalue weighted by atomic mass is 14.9. The van der Waals surface area contributed by atoms with Crippen LogP contribution >= 0.6 is 0 Å². The highest BCUT2D eigenvalue weighted by Crippen LogP contribution is 2.25. The van der Waals surface area contributed by atoms with Crippen LogP contribution in [-0.4, -0.2) is 18.8 Å². The van der Waals surface area contributed by atoms with Gasteiger partial charge >= 0.3 is 0 Å². The van der Waals surface area contributed by atoms with Gasteiger partial charge in [-0.2, -0.15) is 0 Å². The standard InChI is InChI=1S/C17H24N2/c1-3-5-11-18-16-13-17(19-12-6-4-2)15-10-8-7-9-14(15)16/h7-10,13,18H,3-6,11-12H2,1-2H3. The van der Waals surface area contributed by atoms with Crippen molar-refractivity contribution in [2.45, 2.75) is 39.5 Å². The van der Waals surface area contributed by atoms with Crippen molar-refractivity contribution in [2.75, 3.05) is 13.1 Å². The number of aliphatic imine (C=N–C) groups is 1. The molecule has 0 radical (unpaired) electrons. The minimum Gasteiger partial charge on any atom is -0.384 e. The third-order valence-electron chi connectivity index (χ3n) is 3.41. The molecular weight excluding hydrogens is 232 g/mol. The van der Waals surface area contributed by atoms with E-state index in [-0.39, 0.29) is 0 Å². The fraction of sp³-hybridized carbons (Fsp3) is 0.471. The number of benzene rings is 1. The second kappa shape index (κ2) is 7.13. The molecule has 0 amide bonds. The largest absolute Gasteiger partial charge is 0.384 e. The number of nitrogens with one attached hydrogen (secondary N) is 1. The quantitative estimate of drug-likeness (QED) is 0.732. The van der Waals surface area contributed by atoms with Gasteiger partial charge in [-0.3, -0.25) is 4.99 Å². The summed E-state index contributed by atoms with van der Waals surface area (Å²) in [6, 6.07) is 8.55. The molecule has 1 aliphatic rings. The van der Waals surface area contributed by atoms with Crippen LogP contribution in [0.3, 0.4) is 0 Å². The van der Waals surface area contributed by atoms with E-state index >= 15 is 0 Å². The van der Waals surface area contributed by atoms with Crippen LogP contribution in [0, 0.1) is 0 Å². The minimum absolute atomic E-state index is 0.929. The molecule has 102 valence electrons. The number of allylic oxidation sites excluding steroid dienone is 1. The summed E-state index contributed by atoms with van der Waals surface area (Å²) < 4.78 is 0. The number of nitrogens with zero attached hydrogens (tertiary/aromatic N) is 1. The Morgan fingerprint density at radius 3 is 2.47 bits per heavy atom. The Bertz CT molecular complexity index is 472. The first-order valence-electron chi connectivity index (χ1n) is 7.46. The molecule has 2 rings (SSSR count). The van der Waals surface area contributed by atoms with Crippen molar-refractivity contribution in [2.24, 2.45) is 4.99 Å². The van der Waals surface area contributed by atoms with Crippen LogP contribution in [0.25, 0.3) is 5.70 Å². The summed E-state index contributed by atoms with van der Waals surface area (Å²) in [7, 11) is 0. The van der Waals surface area contributed by atoms with Crippen LogP contribution in [0.2, 0.25) is 0 Å². The lowest BCUT2D eigenvalue weighted by Crippen LogP contribution is -2.12. The van der Waals surface area contributed by atoms with Crippen LogP contribution in [0.15, 0.2) is 35.3 Å². The molecule has 0 saturated heterocycles. The maximum atomic E-state index is 4.73. The Balaban J connectivity index is 2.14. The summed E-state index contributed by atoms with van der Waals surface area (Å²) in [5, 5.41) is 3.54. The molecule has 1 aromatic carbocycles. The molecular formula is C17H24N2. The molecule has 19 heavy (non-hydrogen) atoms. The third-order valence-corrected chi connectivity index (χ3v) is 3.41. The number of unbranched alkanes of at least 4 members (excludes halogenated alkanes) is 2. The van der Waals surface area contributed by atoms with E-state index in [0.717, 1.165) is 25.2 Å². The predicted molar refractivity (Wildman–Crippen MR) is 83.6 cm³/mol. The van der Waals surface area contributed by atoms with E-state index in [4.69, 9.17) is 4.99 Å². The van der Waals surface area contributed by atoms with Crippen molar-refractivity contribution < 1.29 is 0 Å². The molecule has 0 unspecified atom stereocenters. The van der Waals surface area contributed by atoms with Crippen molar-refractivity contribution in [3.05, 3.63) is 41.5 Å². The van der Waals surface area contributed by atoms with Gasteiger partial charge in [-0.15, -0.1) is 0 Å². The molecule has 1 N–H and O–H groups in total. The van der Waals surface area contributed by atoms with E-state index < -0.39 is 0 Å². The summed E-state index contributed by atoms with van der Waals surface area (Å²) in [6.07, 6.45) is 7.00. The van der Waals surface area contributed by atoms with Crippen LogP contribution in [0.4, 0.5) is 0 Å². The zero-order valence-corrected chi connectivity index (χ0v) is 12.1. The van der Waals surface area contributed by atoms with Crippen molar-refractivity contribution >= 4 is 11.4 Å². The number of hydrogen-bond acceptors (Lipinski definition) is 2. The van der Waals surface area contributed by atoms with E-state index in [2.05, 4.69) is 49.5 Å². The van der Waals surface area contributed by atoms with Gasteiger partial charge in [-0.25, -0.2) is 0 Å². The lowest BCUT2D eigenvalue weighted by atomic mass is 10.1. The van der Waals surface area contributed by atoms with Crippen molar-refractivity contribution in [3.63, 3.8) is 0 Å². The topological polar surface area (TPSA) is 24.4 Å². The van der Waals surface area contributed by atoms with Crippen LogP contribution in [-0.2, 0) is 0 Å². The summed E-state index contributed by atoms with van der Waals surface area (Å²) >= 11 is 0. The predicted octanol–water partition coefficient (Wildman–Crippen LogP) is 4.02. The minimum atomic E-state index is 0.929. The van der Waals surface area contributed by atoms with E-state index in [1.165, 1.54) is 36.1 Å². The Hall–Kier alpha value is -1.57. The Labute approximate surface area is 116 Å². The van der Waals surface area contributed by atoms with E-state index in [1.807, 2.05) is 0 Å². The van der Waals surface area contributed by atoms with E-state index in [9.17, 15) is 0 Å². The fourth-order valence-corrected chi connectivity index (χ4v) is 2.27. The van der Waals surface area contributed by atoms with E-state index in [0.29, 0.717) is 0 Å². The molecule has 0 aliphatic heterocycles. The second-order valence-electron chi connectivity index (χ2n) is 5.00. The van der Waals surface area contributed by atoms with E-state index in [1.54, 1.807) is 0 Å². The Kier molecular flexibility index (Phi) is 5.20. The average Bonchev–Trinajstić information content (AvgIpc) is 2.79. The fourth-order valence-electron chi connectivity index (χ4n) is 2.27. The molecule has 1 aromatic rings. The van der Waals surface area contributed by atoms with Crippen LogP contribution in [0.5, 0.6) is 0 Å². The Morgan fingerprint density at radius 2 is 1.74 bits per heavy atom. The summed E-state index contributed by atoms with van der Waals surface area (Å²) in [4.78, 5) is 4.73. The Morgan fingerprint density at radius 1 is 1.00 bits per heavy atom. The SMILES string of the molecule is CCCCN=C1C=C(NCCCC)c2ccccc21. The summed E-state index contributed by atoms with van der Waals surface area (Å²) in [5.74, 6) is 0. The van der Waals surface area contributed by atoms with Crippen molar-refractivity contribution in [1.29, 1.82) is 0 Å². The normalized spacial score (nSPS) is 15.5. The molecule has 0 bridgehead atoms. The lowest BCUT2D eigenvalue weighted by Gasteiger charge is -2.07. The van der Waals surface area contributed by atoms with Gasteiger partial charge in [0.25, 0.3) is 0 Å². The molecule has 0 heterocycles. The third kappa shape index (κ3) is 3.46. The zero-order valence-electron chi connectivity index (χ0n) is 12.1. The van der Waals surface area contributed by atoms with Gasteiger partial charge in [0.2, 0.25) is 0 Å². The lowest BCUT2D eigenvalue weighted by molar-refractivity contribution is 0.745. The van der Waals surface area contributed by atoms with Crippen LogP contribution in [0.1, 0.15) is 50.7 Å². The molecule has 0 aromatic heterocycles. The van der Waals surface area contributed by atoms with Gasteiger partial charge in [0.15, 0.2) is 0 Å². The van der Waals surface area contributed by atoms with Crippen LogP contribution < -0.4 is 5.32 Å². The summed E-state index contributed by atoms with van der Waals surface area (Å²) in [6.45, 7) is 6.39. The first-order valence-corrected chi connectivity index (χ1v) is 7.46. The van der Waals surface area contributed by atoms with Crippen molar-refractivity contribution in [1.82, 2.24) is 5.32 Å². The number of rotatable bonds is 7. The first-order chi connectivity index (χ1) is 9.36. The molecule has 0 saturated carbocycles. The number of fused-ring (bicyclic) bond motifs is 1. The molecule has 0 fully saturated rings. The smallest absolute Gasteiger partial charge is 0.0674 e. The first kappa shape index (κ1) is 13.9. The van der Waals surface area contributed by atoms with Crippen molar-refractivity contribution in [3.8, 4) is 0 Å². The monoisotopic (exact) mass is 256 g/mol. The maximum Gasteiger partial charge on any atom is 0.0674 e. The summed E-state index contributed by atoms with van der Waals surface area (Å²) in [5.41, 5.74) is 4.95. The number of hydrogen-bond donors (Lipinski definition) is 1. The molecule has 0 atom stereocenters. The maximum absolute atomic E-state index is 4.73. The second-order valence-corrected chi connectivity index (χ2v) is 5.00. The highest BCUT2D eigenvalue weighted by molar-refractivity contribution is 6.19. The highest BCUT2D eigenvalue weighted by Gasteiger charge is 2.18. The molecule has 1 aliphatic carbocycles. The van der Waals surface area contributed by atoms with Gasteiger partial charge < -0.3 is 5.32 Å². The molecule has 2 heteroatoms. The van der Waals surface area contributed by atoms with Gasteiger partial charge in [-0.05, 0) is 18.9 Å².